The Hall–Kier alpha value is -3.29. The summed E-state index contributed by atoms with van der Waals surface area (Å²) in [6, 6.07) is 4.00. The Labute approximate surface area is 138 Å². The van der Waals surface area contributed by atoms with Gasteiger partial charge < -0.3 is 18.9 Å². The lowest BCUT2D eigenvalue weighted by atomic mass is 10.2. The molecule has 0 saturated heterocycles. The van der Waals surface area contributed by atoms with E-state index in [9.17, 15) is 14.4 Å². The molecule has 1 aromatic rings. The van der Waals surface area contributed by atoms with Gasteiger partial charge in [0.25, 0.3) is 0 Å². The van der Waals surface area contributed by atoms with Crippen LogP contribution in [0.4, 0.5) is 15.3 Å². The first-order chi connectivity index (χ1) is 11.5. The number of hydrogen-bond donors (Lipinski definition) is 1. The average molecular weight is 335 g/mol. The van der Waals surface area contributed by atoms with Crippen LogP contribution in [0.1, 0.15) is 10.4 Å². The molecule has 24 heavy (non-hydrogen) atoms. The van der Waals surface area contributed by atoms with E-state index in [1.54, 1.807) is 0 Å². The molecule has 8 heteroatoms. The molecule has 1 rings (SSSR count). The lowest BCUT2D eigenvalue weighted by molar-refractivity contribution is 0.0595. The minimum Gasteiger partial charge on any atom is -0.465 e. The predicted octanol–water partition coefficient (Wildman–Crippen LogP) is 2.91. The average Bonchev–Trinajstić information content (AvgIpc) is 2.58. The second-order valence-corrected chi connectivity index (χ2v) is 4.17. The number of carbonyl (C=O) groups is 3. The molecule has 0 radical (unpaired) electrons. The zero-order valence-corrected chi connectivity index (χ0v) is 13.1. The summed E-state index contributed by atoms with van der Waals surface area (Å²) in [5, 5.41) is 2.41. The molecule has 0 spiro atoms. The van der Waals surface area contributed by atoms with E-state index in [4.69, 9.17) is 9.47 Å². The number of ether oxygens (including phenoxy) is 4. The van der Waals surface area contributed by atoms with Crippen molar-refractivity contribution in [3.8, 4) is 5.75 Å². The van der Waals surface area contributed by atoms with Crippen molar-refractivity contribution in [1.82, 2.24) is 0 Å². The van der Waals surface area contributed by atoms with E-state index in [0.29, 0.717) is 0 Å². The van der Waals surface area contributed by atoms with Gasteiger partial charge in [0, 0.05) is 5.69 Å². The third-order valence-corrected chi connectivity index (χ3v) is 2.48. The van der Waals surface area contributed by atoms with Crippen molar-refractivity contribution in [1.29, 1.82) is 0 Å². The number of esters is 1. The largest absolute Gasteiger partial charge is 0.514 e. The van der Waals surface area contributed by atoms with Gasteiger partial charge in [-0.2, -0.15) is 0 Å². The maximum absolute atomic E-state index is 11.8. The van der Waals surface area contributed by atoms with Gasteiger partial charge in [-0.15, -0.1) is 0 Å². The summed E-state index contributed by atoms with van der Waals surface area (Å²) in [6.45, 7) is 6.80. The molecule has 128 valence electrons. The zero-order valence-electron chi connectivity index (χ0n) is 13.1. The summed E-state index contributed by atoms with van der Waals surface area (Å²) in [7, 11) is 1.17. The van der Waals surface area contributed by atoms with Gasteiger partial charge in [0.15, 0.2) is 0 Å². The standard InChI is InChI=1S/C16H17NO7/c1-4-8-22-15(19)17-11-6-7-13(12(10-11)14(18)21-3)24-16(20)23-9-5-2/h4-7,10H,1-2,8-9H2,3H3,(H,17,19). The number of rotatable bonds is 7. The second kappa shape index (κ2) is 9.67. The lowest BCUT2D eigenvalue weighted by Crippen LogP contribution is -2.16. The van der Waals surface area contributed by atoms with E-state index in [1.165, 1.54) is 37.5 Å². The minimum atomic E-state index is -1.01. The normalized spacial score (nSPS) is 9.38. The molecular formula is C16H17NO7. The fourth-order valence-electron chi connectivity index (χ4n) is 1.50. The number of benzene rings is 1. The van der Waals surface area contributed by atoms with Crippen molar-refractivity contribution in [3.05, 3.63) is 49.1 Å². The highest BCUT2D eigenvalue weighted by Crippen LogP contribution is 2.24. The van der Waals surface area contributed by atoms with Crippen molar-refractivity contribution in [2.45, 2.75) is 0 Å². The zero-order chi connectivity index (χ0) is 17.9. The number of nitrogens with one attached hydrogen (secondary N) is 1. The van der Waals surface area contributed by atoms with Crippen LogP contribution in [0.5, 0.6) is 5.75 Å². The molecule has 8 nitrogen and oxygen atoms in total. The van der Waals surface area contributed by atoms with E-state index in [2.05, 4.69) is 27.9 Å². The van der Waals surface area contributed by atoms with E-state index >= 15 is 0 Å². The molecule has 0 aliphatic carbocycles. The van der Waals surface area contributed by atoms with E-state index < -0.39 is 18.2 Å². The van der Waals surface area contributed by atoms with Crippen LogP contribution in [-0.4, -0.2) is 38.5 Å². The van der Waals surface area contributed by atoms with Crippen LogP contribution in [0, 0.1) is 0 Å². The van der Waals surface area contributed by atoms with Crippen molar-refractivity contribution >= 4 is 23.9 Å². The van der Waals surface area contributed by atoms with Gasteiger partial charge in [-0.1, -0.05) is 25.3 Å². The molecule has 0 atom stereocenters. The van der Waals surface area contributed by atoms with Gasteiger partial charge in [0.05, 0.1) is 7.11 Å². The summed E-state index contributed by atoms with van der Waals surface area (Å²) >= 11 is 0. The molecular weight excluding hydrogens is 318 g/mol. The number of anilines is 1. The molecule has 0 aliphatic rings. The minimum absolute atomic E-state index is 0.0338. The molecule has 0 bridgehead atoms. The molecule has 1 aromatic carbocycles. The van der Waals surface area contributed by atoms with Crippen LogP contribution < -0.4 is 10.1 Å². The van der Waals surface area contributed by atoms with Crippen molar-refractivity contribution in [3.63, 3.8) is 0 Å². The Morgan fingerprint density at radius 1 is 1.12 bits per heavy atom. The second-order valence-electron chi connectivity index (χ2n) is 4.17. The Bertz CT molecular complexity index is 639. The third-order valence-electron chi connectivity index (χ3n) is 2.48. The third kappa shape index (κ3) is 5.84. The molecule has 0 fully saturated rings. The van der Waals surface area contributed by atoms with Crippen LogP contribution in [0.2, 0.25) is 0 Å². The molecule has 1 amide bonds. The van der Waals surface area contributed by atoms with Crippen LogP contribution in [0.25, 0.3) is 0 Å². The van der Waals surface area contributed by atoms with E-state index in [1.807, 2.05) is 0 Å². The number of hydrogen-bond acceptors (Lipinski definition) is 7. The molecule has 0 aliphatic heterocycles. The van der Waals surface area contributed by atoms with Crippen LogP contribution >= 0.6 is 0 Å². The van der Waals surface area contributed by atoms with Gasteiger partial charge in [-0.05, 0) is 18.2 Å². The van der Waals surface area contributed by atoms with Gasteiger partial charge in [-0.3, -0.25) is 5.32 Å². The van der Waals surface area contributed by atoms with Crippen molar-refractivity contribution in [2.24, 2.45) is 0 Å². The van der Waals surface area contributed by atoms with Crippen LogP contribution in [0.15, 0.2) is 43.5 Å². The monoisotopic (exact) mass is 335 g/mol. The fourth-order valence-corrected chi connectivity index (χ4v) is 1.50. The van der Waals surface area contributed by atoms with Crippen LogP contribution in [-0.2, 0) is 14.2 Å². The molecule has 0 aromatic heterocycles. The Morgan fingerprint density at radius 2 is 1.79 bits per heavy atom. The van der Waals surface area contributed by atoms with E-state index in [-0.39, 0.29) is 30.2 Å². The van der Waals surface area contributed by atoms with Crippen LogP contribution in [0.3, 0.4) is 0 Å². The highest BCUT2D eigenvalue weighted by atomic mass is 16.7. The number of methoxy groups -OCH3 is 1. The summed E-state index contributed by atoms with van der Waals surface area (Å²) in [6.07, 6.45) is 1.03. The predicted molar refractivity (Wildman–Crippen MR) is 85.1 cm³/mol. The summed E-state index contributed by atoms with van der Waals surface area (Å²) in [4.78, 5) is 34.8. The topological polar surface area (TPSA) is 100 Å². The first kappa shape index (κ1) is 18.8. The fraction of sp³-hybridized carbons (Fsp3) is 0.188. The number of amides is 1. The highest BCUT2D eigenvalue weighted by Gasteiger charge is 2.18. The quantitative estimate of drug-likeness (QED) is 0.354. The first-order valence-electron chi connectivity index (χ1n) is 6.74. The number of carbonyl (C=O) groups excluding carboxylic acids is 3. The summed E-state index contributed by atoms with van der Waals surface area (Å²) in [5.41, 5.74) is 0.172. The van der Waals surface area contributed by atoms with Crippen molar-refractivity contribution in [2.75, 3.05) is 25.6 Å². The van der Waals surface area contributed by atoms with Crippen molar-refractivity contribution < 1.29 is 33.3 Å². The molecule has 1 N–H and O–H groups in total. The molecule has 0 unspecified atom stereocenters. The maximum atomic E-state index is 11.8. The first-order valence-corrected chi connectivity index (χ1v) is 6.74. The van der Waals surface area contributed by atoms with Gasteiger partial charge in [0.2, 0.25) is 0 Å². The van der Waals surface area contributed by atoms with Gasteiger partial charge >= 0.3 is 18.2 Å². The highest BCUT2D eigenvalue weighted by molar-refractivity contribution is 5.95. The maximum Gasteiger partial charge on any atom is 0.514 e. The summed E-state index contributed by atoms with van der Waals surface area (Å²) in [5.74, 6) is -0.842. The Balaban J connectivity index is 2.94. The van der Waals surface area contributed by atoms with E-state index in [0.717, 1.165) is 0 Å². The van der Waals surface area contributed by atoms with Gasteiger partial charge in [0.1, 0.15) is 24.5 Å². The molecule has 0 heterocycles. The van der Waals surface area contributed by atoms with Gasteiger partial charge in [-0.25, -0.2) is 14.4 Å². The Kier molecular flexibility index (Phi) is 7.56. The molecule has 0 saturated carbocycles. The smallest absolute Gasteiger partial charge is 0.465 e. The SMILES string of the molecule is C=CCOC(=O)Nc1ccc(OC(=O)OCC=C)c(C(=O)OC)c1. The summed E-state index contributed by atoms with van der Waals surface area (Å²) < 4.78 is 19.0. The lowest BCUT2D eigenvalue weighted by Gasteiger charge is -2.11. The Morgan fingerprint density at radius 3 is 2.42 bits per heavy atom.